The van der Waals surface area contributed by atoms with Crippen molar-refractivity contribution in [2.75, 3.05) is 23.0 Å². The lowest BCUT2D eigenvalue weighted by Crippen LogP contribution is -2.37. The summed E-state index contributed by atoms with van der Waals surface area (Å²) in [5, 5.41) is 0.415. The van der Waals surface area contributed by atoms with Gasteiger partial charge in [0.25, 0.3) is 5.91 Å². The van der Waals surface area contributed by atoms with Crippen molar-refractivity contribution in [2.45, 2.75) is 11.3 Å². The number of thioether (sulfide) groups is 1. The van der Waals surface area contributed by atoms with Gasteiger partial charge in [-0.05, 0) is 52.9 Å². The number of hydrogen-bond donors (Lipinski definition) is 0. The third-order valence-corrected chi connectivity index (χ3v) is 8.36. The Balaban J connectivity index is 1.58. The maximum absolute atomic E-state index is 12.4. The Bertz CT molecular complexity index is 1030. The van der Waals surface area contributed by atoms with Crippen molar-refractivity contribution >= 4 is 61.0 Å². The standard InChI is InChI=1S/C19H17IN2O4S2/c20-13-5-4-6-14(9-13)22-16-11-28(24,25)12-17(16)27-19(22)21-18(23)10-26-15-7-2-1-3-8-15/h1-9,16-17H,10-12H2/t16-,17+/m1/s1. The predicted molar refractivity (Wildman–Crippen MR) is 120 cm³/mol. The Kier molecular flexibility index (Phi) is 5.66. The summed E-state index contributed by atoms with van der Waals surface area (Å²) in [5.74, 6) is 0.387. The third kappa shape index (κ3) is 4.36. The minimum atomic E-state index is -3.08. The molecule has 0 N–H and O–H groups in total. The van der Waals surface area contributed by atoms with E-state index in [4.69, 9.17) is 4.74 Å². The van der Waals surface area contributed by atoms with Gasteiger partial charge in [-0.25, -0.2) is 8.42 Å². The molecule has 2 aliphatic rings. The van der Waals surface area contributed by atoms with E-state index in [2.05, 4.69) is 27.6 Å². The highest BCUT2D eigenvalue weighted by Crippen LogP contribution is 2.41. The largest absolute Gasteiger partial charge is 0.484 e. The number of hydrogen-bond acceptors (Lipinski definition) is 5. The molecule has 2 fully saturated rings. The summed E-state index contributed by atoms with van der Waals surface area (Å²) in [4.78, 5) is 18.5. The molecule has 2 saturated heterocycles. The zero-order chi connectivity index (χ0) is 19.7. The van der Waals surface area contributed by atoms with Gasteiger partial charge in [0.1, 0.15) is 5.75 Å². The van der Waals surface area contributed by atoms with Gasteiger partial charge in [-0.15, -0.1) is 0 Å². The number of amidine groups is 1. The number of fused-ring (bicyclic) bond motifs is 1. The third-order valence-electron chi connectivity index (χ3n) is 4.48. The quantitative estimate of drug-likeness (QED) is 0.569. The van der Waals surface area contributed by atoms with Crippen molar-refractivity contribution in [3.8, 4) is 5.75 Å². The van der Waals surface area contributed by atoms with E-state index in [1.165, 1.54) is 11.8 Å². The first kappa shape index (κ1) is 19.7. The number of carbonyl (C=O) groups excluding carboxylic acids is 1. The predicted octanol–water partition coefficient (Wildman–Crippen LogP) is 2.97. The number of aliphatic imine (C=N–C) groups is 1. The molecule has 4 rings (SSSR count). The maximum Gasteiger partial charge on any atom is 0.285 e. The van der Waals surface area contributed by atoms with E-state index in [0.29, 0.717) is 10.9 Å². The molecule has 0 saturated carbocycles. The van der Waals surface area contributed by atoms with Gasteiger partial charge in [-0.3, -0.25) is 4.79 Å². The monoisotopic (exact) mass is 528 g/mol. The summed E-state index contributed by atoms with van der Waals surface area (Å²) < 4.78 is 30.7. The Labute approximate surface area is 181 Å². The number of amides is 1. The zero-order valence-corrected chi connectivity index (χ0v) is 18.5. The molecule has 2 aromatic rings. The number of sulfone groups is 1. The fraction of sp³-hybridized carbons (Fsp3) is 0.263. The Morgan fingerprint density at radius 3 is 2.71 bits per heavy atom. The van der Waals surface area contributed by atoms with Gasteiger partial charge >= 0.3 is 0 Å². The number of benzene rings is 2. The second kappa shape index (κ2) is 8.03. The Hall–Kier alpha value is -1.59. The van der Waals surface area contributed by atoms with Crippen molar-refractivity contribution in [3.63, 3.8) is 0 Å². The average Bonchev–Trinajstić information content (AvgIpc) is 3.11. The second-order valence-corrected chi connectivity index (χ2v) is 11.1. The molecule has 9 heteroatoms. The summed E-state index contributed by atoms with van der Waals surface area (Å²) in [6, 6.07) is 16.6. The number of ether oxygens (including phenoxy) is 1. The summed E-state index contributed by atoms with van der Waals surface area (Å²) >= 11 is 3.57. The number of halogens is 1. The van der Waals surface area contributed by atoms with Crippen LogP contribution in [0.1, 0.15) is 0 Å². The molecule has 0 aromatic heterocycles. The van der Waals surface area contributed by atoms with Gasteiger partial charge < -0.3 is 9.64 Å². The van der Waals surface area contributed by atoms with Crippen LogP contribution in [-0.4, -0.2) is 48.9 Å². The first-order valence-corrected chi connectivity index (χ1v) is 12.4. The van der Waals surface area contributed by atoms with Crippen LogP contribution in [0, 0.1) is 3.57 Å². The first-order chi connectivity index (χ1) is 13.4. The van der Waals surface area contributed by atoms with Gasteiger partial charge in [0.15, 0.2) is 21.6 Å². The molecule has 2 atom stereocenters. The smallest absolute Gasteiger partial charge is 0.285 e. The van der Waals surface area contributed by atoms with E-state index in [1.54, 1.807) is 12.1 Å². The number of anilines is 1. The maximum atomic E-state index is 12.4. The van der Waals surface area contributed by atoms with Crippen LogP contribution in [0.3, 0.4) is 0 Å². The van der Waals surface area contributed by atoms with E-state index >= 15 is 0 Å². The molecule has 0 bridgehead atoms. The molecule has 0 radical (unpaired) electrons. The summed E-state index contributed by atoms with van der Waals surface area (Å²) in [6.07, 6.45) is 0. The average molecular weight is 528 g/mol. The molecule has 2 heterocycles. The Morgan fingerprint density at radius 1 is 1.18 bits per heavy atom. The van der Waals surface area contributed by atoms with E-state index < -0.39 is 15.7 Å². The van der Waals surface area contributed by atoms with E-state index in [0.717, 1.165) is 9.26 Å². The summed E-state index contributed by atoms with van der Waals surface area (Å²) in [7, 11) is -3.08. The normalized spacial score (nSPS) is 24.3. The molecule has 0 aliphatic carbocycles. The number of carbonyl (C=O) groups is 1. The van der Waals surface area contributed by atoms with Gasteiger partial charge in [0.05, 0.1) is 17.5 Å². The zero-order valence-electron chi connectivity index (χ0n) is 14.7. The van der Waals surface area contributed by atoms with Gasteiger partial charge in [0.2, 0.25) is 0 Å². The second-order valence-electron chi connectivity index (χ2n) is 6.54. The van der Waals surface area contributed by atoms with Crippen LogP contribution in [0.25, 0.3) is 0 Å². The summed E-state index contributed by atoms with van der Waals surface area (Å²) in [6.45, 7) is -0.165. The van der Waals surface area contributed by atoms with Gasteiger partial charge in [-0.2, -0.15) is 4.99 Å². The first-order valence-electron chi connectivity index (χ1n) is 8.62. The lowest BCUT2D eigenvalue weighted by molar-refractivity contribution is -0.119. The summed E-state index contributed by atoms with van der Waals surface area (Å²) in [5.41, 5.74) is 0.847. The van der Waals surface area contributed by atoms with Crippen molar-refractivity contribution < 1.29 is 17.9 Å². The lowest BCUT2D eigenvalue weighted by atomic mass is 10.2. The number of nitrogens with zero attached hydrogens (tertiary/aromatic N) is 2. The van der Waals surface area contributed by atoms with Crippen molar-refractivity contribution in [3.05, 3.63) is 58.2 Å². The minimum Gasteiger partial charge on any atom is -0.484 e. The SMILES string of the molecule is O=C(COc1ccccc1)N=C1S[C@H]2CS(=O)(=O)C[C@H]2N1c1cccc(I)c1. The van der Waals surface area contributed by atoms with E-state index in [-0.39, 0.29) is 29.4 Å². The van der Waals surface area contributed by atoms with Crippen LogP contribution in [0.5, 0.6) is 5.75 Å². The topological polar surface area (TPSA) is 76.0 Å². The molecule has 2 aliphatic heterocycles. The van der Waals surface area contributed by atoms with Gasteiger partial charge in [0, 0.05) is 14.5 Å². The van der Waals surface area contributed by atoms with Crippen LogP contribution in [0.15, 0.2) is 59.6 Å². The molecule has 6 nitrogen and oxygen atoms in total. The van der Waals surface area contributed by atoms with Crippen LogP contribution < -0.4 is 9.64 Å². The molecule has 0 unspecified atom stereocenters. The highest BCUT2D eigenvalue weighted by molar-refractivity contribution is 14.1. The highest BCUT2D eigenvalue weighted by atomic mass is 127. The Morgan fingerprint density at radius 2 is 1.96 bits per heavy atom. The minimum absolute atomic E-state index is 0.0733. The van der Waals surface area contributed by atoms with E-state index in [1.807, 2.05) is 47.4 Å². The highest BCUT2D eigenvalue weighted by Gasteiger charge is 2.49. The fourth-order valence-corrected chi connectivity index (χ4v) is 7.75. The molecule has 2 aromatic carbocycles. The van der Waals surface area contributed by atoms with Crippen molar-refractivity contribution in [1.82, 2.24) is 0 Å². The molecule has 28 heavy (non-hydrogen) atoms. The molecule has 1 amide bonds. The van der Waals surface area contributed by atoms with Crippen LogP contribution in [0.4, 0.5) is 5.69 Å². The lowest BCUT2D eigenvalue weighted by Gasteiger charge is -2.24. The molecule has 0 spiro atoms. The van der Waals surface area contributed by atoms with Gasteiger partial charge in [-0.1, -0.05) is 36.0 Å². The number of rotatable bonds is 4. The van der Waals surface area contributed by atoms with Crippen LogP contribution in [-0.2, 0) is 14.6 Å². The molecular formula is C19H17IN2O4S2. The van der Waals surface area contributed by atoms with E-state index in [9.17, 15) is 13.2 Å². The molecule has 146 valence electrons. The fourth-order valence-electron chi connectivity index (χ4n) is 3.29. The molecular weight excluding hydrogens is 511 g/mol. The number of para-hydroxylation sites is 1. The van der Waals surface area contributed by atoms with Crippen molar-refractivity contribution in [2.24, 2.45) is 4.99 Å². The van der Waals surface area contributed by atoms with Crippen LogP contribution >= 0.6 is 34.4 Å². The van der Waals surface area contributed by atoms with Crippen molar-refractivity contribution in [1.29, 1.82) is 0 Å². The van der Waals surface area contributed by atoms with Crippen LogP contribution in [0.2, 0.25) is 0 Å².